The molecule has 0 fully saturated rings. The van der Waals surface area contributed by atoms with E-state index in [1.54, 1.807) is 19.2 Å². The highest BCUT2D eigenvalue weighted by Gasteiger charge is 2.33. The molecule has 4 rings (SSSR count). The number of nitrogens with zero attached hydrogens (tertiary/aromatic N) is 2. The second-order valence-electron chi connectivity index (χ2n) is 8.46. The standard InChI is InChI=1S/C26H25N3O4S/c1-17-11-18(2)13-20(12-17)28-34(32,33)21-9-10-24-22(14-21)25(30)23(15-27-24)26(31)29(3)16-19-7-5-4-6-8-19/h4-15,23,28H,16H2,1-3H3. The van der Waals surface area contributed by atoms with Gasteiger partial charge in [-0.2, -0.15) is 0 Å². The van der Waals surface area contributed by atoms with Crippen molar-refractivity contribution < 1.29 is 18.0 Å². The molecule has 0 aromatic heterocycles. The van der Waals surface area contributed by atoms with Gasteiger partial charge in [0.2, 0.25) is 5.91 Å². The van der Waals surface area contributed by atoms with Crippen molar-refractivity contribution in [1.29, 1.82) is 0 Å². The second kappa shape index (κ2) is 9.23. The predicted molar refractivity (Wildman–Crippen MR) is 132 cm³/mol. The Hall–Kier alpha value is -3.78. The van der Waals surface area contributed by atoms with Crippen LogP contribution in [0.1, 0.15) is 27.0 Å². The fourth-order valence-electron chi connectivity index (χ4n) is 3.98. The predicted octanol–water partition coefficient (Wildman–Crippen LogP) is 4.28. The number of fused-ring (bicyclic) bond motifs is 1. The monoisotopic (exact) mass is 475 g/mol. The molecule has 0 bridgehead atoms. The van der Waals surface area contributed by atoms with Gasteiger partial charge in [0, 0.05) is 31.1 Å². The van der Waals surface area contributed by atoms with Gasteiger partial charge in [-0.15, -0.1) is 0 Å². The van der Waals surface area contributed by atoms with Crippen LogP contribution in [0.25, 0.3) is 0 Å². The third-order valence-corrected chi connectivity index (χ3v) is 6.95. The zero-order valence-electron chi connectivity index (χ0n) is 19.1. The Morgan fingerprint density at radius 2 is 1.68 bits per heavy atom. The number of hydrogen-bond acceptors (Lipinski definition) is 5. The van der Waals surface area contributed by atoms with E-state index in [0.717, 1.165) is 16.7 Å². The summed E-state index contributed by atoms with van der Waals surface area (Å²) in [6.07, 6.45) is 1.33. The highest BCUT2D eigenvalue weighted by Crippen LogP contribution is 2.30. The molecule has 1 unspecified atom stereocenters. The number of rotatable bonds is 6. The molecule has 1 aliphatic rings. The Morgan fingerprint density at radius 3 is 2.35 bits per heavy atom. The second-order valence-corrected chi connectivity index (χ2v) is 10.1. The minimum atomic E-state index is -3.95. The van der Waals surface area contributed by atoms with Gasteiger partial charge in [-0.3, -0.25) is 19.3 Å². The molecule has 0 radical (unpaired) electrons. The smallest absolute Gasteiger partial charge is 0.261 e. The van der Waals surface area contributed by atoms with Gasteiger partial charge in [-0.25, -0.2) is 8.42 Å². The molecule has 1 heterocycles. The van der Waals surface area contributed by atoms with E-state index in [2.05, 4.69) is 9.71 Å². The van der Waals surface area contributed by atoms with Crippen molar-refractivity contribution in [1.82, 2.24) is 4.90 Å². The molecule has 1 atom stereocenters. The number of carbonyl (C=O) groups is 2. The number of carbonyl (C=O) groups excluding carboxylic acids is 2. The lowest BCUT2D eigenvalue weighted by Crippen LogP contribution is -2.38. The van der Waals surface area contributed by atoms with Crippen molar-refractivity contribution in [2.75, 3.05) is 11.8 Å². The number of Topliss-reactive ketones (excluding diaryl/α,β-unsaturated/α-hetero) is 1. The molecular weight excluding hydrogens is 450 g/mol. The van der Waals surface area contributed by atoms with Gasteiger partial charge < -0.3 is 4.90 Å². The maximum atomic E-state index is 13.2. The minimum absolute atomic E-state index is 0.0697. The quantitative estimate of drug-likeness (QED) is 0.539. The molecule has 1 amide bonds. The molecule has 0 saturated heterocycles. The number of benzene rings is 3. The maximum Gasteiger partial charge on any atom is 0.261 e. The van der Waals surface area contributed by atoms with Crippen molar-refractivity contribution in [3.63, 3.8) is 0 Å². The van der Waals surface area contributed by atoms with Gasteiger partial charge in [0.25, 0.3) is 10.0 Å². The third kappa shape index (κ3) is 4.92. The summed E-state index contributed by atoms with van der Waals surface area (Å²) in [5.74, 6) is -1.98. The van der Waals surface area contributed by atoms with Crippen LogP contribution in [0.3, 0.4) is 0 Å². The third-order valence-electron chi connectivity index (χ3n) is 5.57. The van der Waals surface area contributed by atoms with E-state index in [-0.39, 0.29) is 10.5 Å². The summed E-state index contributed by atoms with van der Waals surface area (Å²) < 4.78 is 28.6. The minimum Gasteiger partial charge on any atom is -0.340 e. The molecule has 8 heteroatoms. The molecule has 34 heavy (non-hydrogen) atoms. The first-order chi connectivity index (χ1) is 16.1. The first-order valence-corrected chi connectivity index (χ1v) is 12.2. The number of aliphatic imine (C=N–C) groups is 1. The zero-order chi connectivity index (χ0) is 24.5. The molecule has 1 aliphatic heterocycles. The van der Waals surface area contributed by atoms with Gasteiger partial charge in [-0.1, -0.05) is 36.4 Å². The van der Waals surface area contributed by atoms with Gasteiger partial charge in [0.15, 0.2) is 5.78 Å². The van der Waals surface area contributed by atoms with E-state index in [9.17, 15) is 18.0 Å². The van der Waals surface area contributed by atoms with E-state index >= 15 is 0 Å². The van der Waals surface area contributed by atoms with Crippen molar-refractivity contribution >= 4 is 39.3 Å². The Morgan fingerprint density at radius 1 is 1.00 bits per heavy atom. The molecule has 0 saturated carbocycles. The van der Waals surface area contributed by atoms with Crippen molar-refractivity contribution in [3.05, 3.63) is 89.0 Å². The van der Waals surface area contributed by atoms with E-state index in [1.807, 2.05) is 50.2 Å². The van der Waals surface area contributed by atoms with Crippen LogP contribution in [0.4, 0.5) is 11.4 Å². The van der Waals surface area contributed by atoms with Crippen LogP contribution in [-0.4, -0.2) is 38.3 Å². The van der Waals surface area contributed by atoms with Crippen molar-refractivity contribution in [3.8, 4) is 0 Å². The number of hydrogen-bond donors (Lipinski definition) is 1. The Labute approximate surface area is 199 Å². The van der Waals surface area contributed by atoms with Gasteiger partial charge in [0.1, 0.15) is 5.92 Å². The van der Waals surface area contributed by atoms with Crippen LogP contribution in [-0.2, 0) is 21.4 Å². The average Bonchev–Trinajstić information content (AvgIpc) is 2.78. The van der Waals surface area contributed by atoms with Gasteiger partial charge in [-0.05, 0) is 60.9 Å². The first-order valence-electron chi connectivity index (χ1n) is 10.8. The van der Waals surface area contributed by atoms with Gasteiger partial charge >= 0.3 is 0 Å². The highest BCUT2D eigenvalue weighted by molar-refractivity contribution is 7.92. The Kier molecular flexibility index (Phi) is 6.34. The molecule has 7 nitrogen and oxygen atoms in total. The number of nitrogens with one attached hydrogen (secondary N) is 1. The highest BCUT2D eigenvalue weighted by atomic mass is 32.2. The Bertz CT molecular complexity index is 1380. The molecule has 1 N–H and O–H groups in total. The lowest BCUT2D eigenvalue weighted by Gasteiger charge is -2.23. The molecule has 3 aromatic rings. The summed E-state index contributed by atoms with van der Waals surface area (Å²) in [5.41, 5.74) is 3.67. The van der Waals surface area contributed by atoms with Crippen LogP contribution in [0.15, 0.2) is 76.6 Å². The van der Waals surface area contributed by atoms with Crippen LogP contribution in [0, 0.1) is 19.8 Å². The largest absolute Gasteiger partial charge is 0.340 e. The first kappa shape index (κ1) is 23.4. The molecular formula is C26H25N3O4S. The fraction of sp³-hybridized carbons (Fsp3) is 0.192. The number of sulfonamides is 1. The van der Waals surface area contributed by atoms with Crippen molar-refractivity contribution in [2.45, 2.75) is 25.3 Å². The zero-order valence-corrected chi connectivity index (χ0v) is 20.0. The average molecular weight is 476 g/mol. The van der Waals surface area contributed by atoms with E-state index in [0.29, 0.717) is 17.9 Å². The van der Waals surface area contributed by atoms with Gasteiger partial charge in [0.05, 0.1) is 10.6 Å². The number of ketones is 1. The summed E-state index contributed by atoms with van der Waals surface area (Å²) in [5, 5.41) is 0. The maximum absolute atomic E-state index is 13.2. The van der Waals surface area contributed by atoms with Crippen molar-refractivity contribution in [2.24, 2.45) is 10.9 Å². The summed E-state index contributed by atoms with van der Waals surface area (Å²) in [4.78, 5) is 31.8. The molecule has 174 valence electrons. The number of amides is 1. The molecule has 0 aliphatic carbocycles. The van der Waals surface area contributed by atoms with E-state index < -0.39 is 27.6 Å². The topological polar surface area (TPSA) is 95.9 Å². The summed E-state index contributed by atoms with van der Waals surface area (Å²) in [6, 6.07) is 19.0. The van der Waals surface area contributed by atoms with Crippen LogP contribution < -0.4 is 4.72 Å². The molecule has 3 aromatic carbocycles. The lowest BCUT2D eigenvalue weighted by atomic mass is 9.93. The van der Waals surface area contributed by atoms with Crippen LogP contribution in [0.5, 0.6) is 0 Å². The van der Waals surface area contributed by atoms with E-state index in [1.165, 1.54) is 29.3 Å². The molecule has 0 spiro atoms. The van der Waals surface area contributed by atoms with Crippen LogP contribution >= 0.6 is 0 Å². The summed E-state index contributed by atoms with van der Waals surface area (Å²) in [7, 11) is -2.32. The number of anilines is 1. The van der Waals surface area contributed by atoms with E-state index in [4.69, 9.17) is 0 Å². The summed E-state index contributed by atoms with van der Waals surface area (Å²) >= 11 is 0. The van der Waals surface area contributed by atoms with Crippen LogP contribution in [0.2, 0.25) is 0 Å². The SMILES string of the molecule is Cc1cc(C)cc(NS(=O)(=O)c2ccc3c(c2)C(=O)C(C(=O)N(C)Cc2ccccc2)C=N3)c1. The summed E-state index contributed by atoms with van der Waals surface area (Å²) in [6.45, 7) is 4.11. The Balaban J connectivity index is 1.57. The lowest BCUT2D eigenvalue weighted by molar-refractivity contribution is -0.131. The number of aryl methyl sites for hydroxylation is 2. The normalized spacial score (nSPS) is 15.0. The fourth-order valence-corrected chi connectivity index (χ4v) is 5.04.